The van der Waals surface area contributed by atoms with Gasteiger partial charge in [-0.25, -0.2) is 4.98 Å². The van der Waals surface area contributed by atoms with Gasteiger partial charge in [0.15, 0.2) is 0 Å². The van der Waals surface area contributed by atoms with E-state index in [0.29, 0.717) is 21.7 Å². The molecule has 0 unspecified atom stereocenters. The van der Waals surface area contributed by atoms with E-state index in [0.717, 1.165) is 49.3 Å². The lowest BCUT2D eigenvalue weighted by atomic mass is 9.93. The Hall–Kier alpha value is -1.54. The lowest BCUT2D eigenvalue weighted by Crippen LogP contribution is -2.40. The van der Waals surface area contributed by atoms with Crippen LogP contribution in [0.1, 0.15) is 36.2 Å². The Morgan fingerprint density at radius 3 is 3.04 bits per heavy atom. The molecule has 0 saturated carbocycles. The van der Waals surface area contributed by atoms with E-state index < -0.39 is 0 Å². The smallest absolute Gasteiger partial charge is 0.273 e. The average molecular weight is 393 g/mol. The van der Waals surface area contributed by atoms with E-state index in [4.69, 9.17) is 29.6 Å². The third-order valence-electron chi connectivity index (χ3n) is 4.39. The van der Waals surface area contributed by atoms with Crippen molar-refractivity contribution >= 4 is 40.4 Å². The van der Waals surface area contributed by atoms with Crippen LogP contribution >= 0.6 is 34.5 Å². The number of carbonyl (C=O) groups excluding carboxylic acids is 1. The van der Waals surface area contributed by atoms with Crippen molar-refractivity contribution in [3.05, 3.63) is 39.3 Å². The predicted molar refractivity (Wildman–Crippen MR) is 104 cm³/mol. The van der Waals surface area contributed by atoms with Crippen molar-refractivity contribution in [1.82, 2.24) is 9.88 Å². The number of terminal acetylenes is 1. The molecule has 2 aromatic rings. The first-order valence-electron chi connectivity index (χ1n) is 8.22. The number of likely N-dealkylation sites (tertiary alicyclic amines) is 1. The predicted octanol–water partition coefficient (Wildman–Crippen LogP) is 5.38. The van der Waals surface area contributed by atoms with Crippen LogP contribution < -0.4 is 0 Å². The summed E-state index contributed by atoms with van der Waals surface area (Å²) in [6, 6.07) is 5.28. The monoisotopic (exact) mass is 392 g/mol. The highest BCUT2D eigenvalue weighted by Crippen LogP contribution is 2.33. The van der Waals surface area contributed by atoms with Gasteiger partial charge in [-0.15, -0.1) is 23.7 Å². The first kappa shape index (κ1) is 18.3. The molecule has 0 radical (unpaired) electrons. The summed E-state index contributed by atoms with van der Waals surface area (Å²) in [5.41, 5.74) is 1.27. The second-order valence-corrected chi connectivity index (χ2v) is 7.87. The summed E-state index contributed by atoms with van der Waals surface area (Å²) in [4.78, 5) is 19.2. The summed E-state index contributed by atoms with van der Waals surface area (Å²) in [7, 11) is 0. The Morgan fingerprint density at radius 1 is 1.44 bits per heavy atom. The van der Waals surface area contributed by atoms with Crippen LogP contribution in [0.3, 0.4) is 0 Å². The zero-order valence-electron chi connectivity index (χ0n) is 13.7. The topological polar surface area (TPSA) is 33.2 Å². The van der Waals surface area contributed by atoms with Crippen molar-refractivity contribution in [3.63, 3.8) is 0 Å². The number of halogens is 2. The number of benzene rings is 1. The number of rotatable bonds is 4. The SMILES string of the molecule is C#CCC[C@@H]1CCCN(C(=O)c2csc(-c3ccc(Cl)cc3Cl)n2)C1. The standard InChI is InChI=1S/C19H18Cl2N2OS/c1-2-3-5-13-6-4-9-23(11-13)19(24)17-12-25-18(22-17)15-8-7-14(20)10-16(15)21/h1,7-8,10,12-13H,3-6,9,11H2/t13-/m1/s1. The van der Waals surface area contributed by atoms with Crippen LogP contribution in [-0.2, 0) is 0 Å². The number of thiazole rings is 1. The first-order chi connectivity index (χ1) is 12.1. The fourth-order valence-electron chi connectivity index (χ4n) is 3.09. The average Bonchev–Trinajstić information content (AvgIpc) is 3.09. The minimum atomic E-state index is -0.0157. The molecule has 0 N–H and O–H groups in total. The number of carbonyl (C=O) groups is 1. The molecule has 3 nitrogen and oxygen atoms in total. The van der Waals surface area contributed by atoms with Crippen LogP contribution in [0.25, 0.3) is 10.6 Å². The Bertz CT molecular complexity index is 812. The van der Waals surface area contributed by atoms with Gasteiger partial charge in [0.05, 0.1) is 5.02 Å². The molecular formula is C19H18Cl2N2OS. The van der Waals surface area contributed by atoms with Crippen molar-refractivity contribution in [2.75, 3.05) is 13.1 Å². The van der Waals surface area contributed by atoms with E-state index in [-0.39, 0.29) is 5.91 Å². The third-order valence-corrected chi connectivity index (χ3v) is 5.81. The highest BCUT2D eigenvalue weighted by atomic mass is 35.5. The van der Waals surface area contributed by atoms with Gasteiger partial charge >= 0.3 is 0 Å². The molecule has 2 heterocycles. The zero-order valence-corrected chi connectivity index (χ0v) is 16.0. The molecule has 1 atom stereocenters. The molecule has 1 amide bonds. The lowest BCUT2D eigenvalue weighted by Gasteiger charge is -2.32. The minimum absolute atomic E-state index is 0.0157. The molecule has 130 valence electrons. The van der Waals surface area contributed by atoms with Crippen LogP contribution in [0.5, 0.6) is 0 Å². The summed E-state index contributed by atoms with van der Waals surface area (Å²) in [5, 5.41) is 3.64. The maximum atomic E-state index is 12.8. The molecule has 0 spiro atoms. The molecule has 25 heavy (non-hydrogen) atoms. The number of amides is 1. The molecule has 1 aliphatic heterocycles. The van der Waals surface area contributed by atoms with Gasteiger partial charge in [0, 0.05) is 35.5 Å². The van der Waals surface area contributed by atoms with Crippen molar-refractivity contribution in [2.24, 2.45) is 5.92 Å². The lowest BCUT2D eigenvalue weighted by molar-refractivity contribution is 0.0664. The number of hydrogen-bond acceptors (Lipinski definition) is 3. The largest absolute Gasteiger partial charge is 0.337 e. The van der Waals surface area contributed by atoms with Gasteiger partial charge in [-0.3, -0.25) is 4.79 Å². The summed E-state index contributed by atoms with van der Waals surface area (Å²) < 4.78 is 0. The molecule has 1 aromatic carbocycles. The second kappa shape index (κ2) is 8.23. The Balaban J connectivity index is 1.73. The van der Waals surface area contributed by atoms with Gasteiger partial charge in [-0.05, 0) is 43.4 Å². The minimum Gasteiger partial charge on any atom is -0.337 e. The van der Waals surface area contributed by atoms with Gasteiger partial charge in [0.1, 0.15) is 10.7 Å². The van der Waals surface area contributed by atoms with E-state index in [1.54, 1.807) is 17.5 Å². The van der Waals surface area contributed by atoms with E-state index in [9.17, 15) is 4.79 Å². The third kappa shape index (κ3) is 4.36. The quantitative estimate of drug-likeness (QED) is 0.654. The molecule has 3 rings (SSSR count). The molecule has 6 heteroatoms. The zero-order chi connectivity index (χ0) is 17.8. The fourth-order valence-corrected chi connectivity index (χ4v) is 4.48. The van der Waals surface area contributed by atoms with Crippen LogP contribution in [0.15, 0.2) is 23.6 Å². The Kier molecular flexibility index (Phi) is 6.01. The maximum Gasteiger partial charge on any atom is 0.273 e. The normalized spacial score (nSPS) is 17.3. The van der Waals surface area contributed by atoms with Crippen molar-refractivity contribution in [3.8, 4) is 22.9 Å². The van der Waals surface area contributed by atoms with Gasteiger partial charge < -0.3 is 4.90 Å². The van der Waals surface area contributed by atoms with Crippen molar-refractivity contribution < 1.29 is 4.79 Å². The van der Waals surface area contributed by atoms with Crippen molar-refractivity contribution in [2.45, 2.75) is 25.7 Å². The molecule has 1 fully saturated rings. The van der Waals surface area contributed by atoms with E-state index >= 15 is 0 Å². The Morgan fingerprint density at radius 2 is 2.28 bits per heavy atom. The summed E-state index contributed by atoms with van der Waals surface area (Å²) in [5.74, 6) is 3.15. The summed E-state index contributed by atoms with van der Waals surface area (Å²) in [6.07, 6.45) is 9.24. The van der Waals surface area contributed by atoms with Gasteiger partial charge in [-0.1, -0.05) is 23.2 Å². The highest BCUT2D eigenvalue weighted by molar-refractivity contribution is 7.13. The molecule has 0 bridgehead atoms. The molecule has 1 saturated heterocycles. The van der Waals surface area contributed by atoms with Crippen molar-refractivity contribution in [1.29, 1.82) is 0 Å². The number of aromatic nitrogens is 1. The maximum absolute atomic E-state index is 12.8. The second-order valence-electron chi connectivity index (χ2n) is 6.16. The van der Waals surface area contributed by atoms with E-state index in [1.807, 2.05) is 11.0 Å². The number of nitrogens with zero attached hydrogens (tertiary/aromatic N) is 2. The van der Waals surface area contributed by atoms with Gasteiger partial charge in [-0.2, -0.15) is 0 Å². The first-order valence-corrected chi connectivity index (χ1v) is 9.85. The number of hydrogen-bond donors (Lipinski definition) is 0. The molecule has 1 aliphatic rings. The Labute approximate surface area is 162 Å². The summed E-state index contributed by atoms with van der Waals surface area (Å²) >= 11 is 13.6. The summed E-state index contributed by atoms with van der Waals surface area (Å²) in [6.45, 7) is 1.54. The fraction of sp³-hybridized carbons (Fsp3) is 0.368. The molecule has 0 aliphatic carbocycles. The van der Waals surface area contributed by atoms with Gasteiger partial charge in [0.25, 0.3) is 5.91 Å². The molecule has 1 aromatic heterocycles. The van der Waals surface area contributed by atoms with E-state index in [2.05, 4.69) is 10.9 Å². The highest BCUT2D eigenvalue weighted by Gasteiger charge is 2.26. The van der Waals surface area contributed by atoms with Crippen LogP contribution in [0, 0.1) is 18.3 Å². The number of piperidine rings is 1. The molecular weight excluding hydrogens is 375 g/mol. The van der Waals surface area contributed by atoms with Crippen LogP contribution in [0.4, 0.5) is 0 Å². The van der Waals surface area contributed by atoms with Crippen LogP contribution in [0.2, 0.25) is 10.0 Å². The van der Waals surface area contributed by atoms with E-state index in [1.165, 1.54) is 11.3 Å². The van der Waals surface area contributed by atoms with Crippen LogP contribution in [-0.4, -0.2) is 28.9 Å². The van der Waals surface area contributed by atoms with Gasteiger partial charge in [0.2, 0.25) is 0 Å².